The molecule has 0 radical (unpaired) electrons. The summed E-state index contributed by atoms with van der Waals surface area (Å²) in [5.41, 5.74) is 9.67. The lowest BCUT2D eigenvalue weighted by molar-refractivity contribution is -0.136. The number of nitrogens with zero attached hydrogens (tertiary/aromatic N) is 2. The lowest BCUT2D eigenvalue weighted by atomic mass is 9.73. The number of anilines is 1. The van der Waals surface area contributed by atoms with Crippen molar-refractivity contribution in [1.29, 1.82) is 0 Å². The topological polar surface area (TPSA) is 114 Å². The van der Waals surface area contributed by atoms with Gasteiger partial charge in [0.25, 0.3) is 5.91 Å². The second kappa shape index (κ2) is 15.8. The molecule has 0 saturated heterocycles. The summed E-state index contributed by atoms with van der Waals surface area (Å²) in [5, 5.41) is 3.02. The molecular formula is C41H44N4O4. The van der Waals surface area contributed by atoms with Crippen molar-refractivity contribution in [2.24, 2.45) is 28.5 Å². The van der Waals surface area contributed by atoms with Gasteiger partial charge in [0.15, 0.2) is 0 Å². The summed E-state index contributed by atoms with van der Waals surface area (Å²) in [6.45, 7) is 2.27. The van der Waals surface area contributed by atoms with E-state index in [-0.39, 0.29) is 18.4 Å². The van der Waals surface area contributed by atoms with E-state index in [9.17, 15) is 14.4 Å². The molecule has 2 aliphatic rings. The predicted octanol–water partition coefficient (Wildman–Crippen LogP) is 7.40. The van der Waals surface area contributed by atoms with Crippen molar-refractivity contribution in [2.45, 2.75) is 64.6 Å². The van der Waals surface area contributed by atoms with E-state index >= 15 is 0 Å². The van der Waals surface area contributed by atoms with E-state index in [1.165, 1.54) is 0 Å². The number of hydrogen-bond donors (Lipinski definition) is 2. The number of ether oxygens (including phenoxy) is 1. The van der Waals surface area contributed by atoms with Gasteiger partial charge in [-0.05, 0) is 54.7 Å². The van der Waals surface area contributed by atoms with E-state index in [0.717, 1.165) is 48.8 Å². The zero-order valence-corrected chi connectivity index (χ0v) is 28.0. The molecule has 1 aliphatic carbocycles. The maximum Gasteiger partial charge on any atom is 0.272 e. The second-order valence-corrected chi connectivity index (χ2v) is 13.0. The Hall–Kier alpha value is -5.24. The average Bonchev–Trinajstić information content (AvgIpc) is 3.20. The van der Waals surface area contributed by atoms with Crippen molar-refractivity contribution in [3.8, 4) is 11.5 Å². The van der Waals surface area contributed by atoms with Crippen LogP contribution in [0, 0.1) is 17.8 Å². The van der Waals surface area contributed by atoms with Crippen molar-refractivity contribution < 1.29 is 19.1 Å². The number of rotatable bonds is 14. The first-order valence-electron chi connectivity index (χ1n) is 17.4. The van der Waals surface area contributed by atoms with Crippen LogP contribution in [0.3, 0.4) is 0 Å². The molecule has 3 atom stereocenters. The lowest BCUT2D eigenvalue weighted by Gasteiger charge is -2.33. The molecule has 0 aromatic heterocycles. The number of para-hydroxylation sites is 2. The highest BCUT2D eigenvalue weighted by atomic mass is 16.5. The Morgan fingerprint density at radius 1 is 0.898 bits per heavy atom. The molecule has 1 aliphatic heterocycles. The molecule has 3 unspecified atom stereocenters. The Morgan fingerprint density at radius 2 is 1.59 bits per heavy atom. The van der Waals surface area contributed by atoms with Crippen LogP contribution in [-0.4, -0.2) is 29.6 Å². The Labute approximate surface area is 288 Å². The number of benzene rings is 4. The Balaban J connectivity index is 1.36. The van der Waals surface area contributed by atoms with Crippen LogP contribution in [0.5, 0.6) is 11.5 Å². The first-order chi connectivity index (χ1) is 23.9. The van der Waals surface area contributed by atoms with E-state index in [0.29, 0.717) is 41.7 Å². The quantitative estimate of drug-likeness (QED) is 0.147. The SMILES string of the molecule is CCCCC(C(N)=O)C(CC1CCC1)C(=O)NC1N=C(c2ccccc2)c2ccccc2N(Cc2cccc(Oc3ccccc3)c2)C1=O. The van der Waals surface area contributed by atoms with Gasteiger partial charge in [-0.25, -0.2) is 4.99 Å². The van der Waals surface area contributed by atoms with Crippen molar-refractivity contribution in [1.82, 2.24) is 5.32 Å². The fourth-order valence-electron chi connectivity index (χ4n) is 6.78. The van der Waals surface area contributed by atoms with Gasteiger partial charge in [-0.1, -0.05) is 118 Å². The molecule has 8 heteroatoms. The molecule has 0 bridgehead atoms. The van der Waals surface area contributed by atoms with Gasteiger partial charge in [0.05, 0.1) is 17.9 Å². The van der Waals surface area contributed by atoms with Crippen LogP contribution in [-0.2, 0) is 20.9 Å². The first kappa shape index (κ1) is 33.7. The Morgan fingerprint density at radius 3 is 2.29 bits per heavy atom. The van der Waals surface area contributed by atoms with Gasteiger partial charge in [0, 0.05) is 23.0 Å². The standard InChI is InChI=1S/C41H44N4O4/c1-2-3-22-33(38(42)46)35(26-28-14-12-15-28)40(47)44-39-41(48)45(27-29-16-13-21-32(25-29)49-31-19-8-5-9-20-31)36-24-11-10-23-34(36)37(43-39)30-17-6-4-7-18-30/h4-11,13,16-21,23-25,28,33,35,39H,2-3,12,14-15,22,26-27H2,1H3,(H2,42,46)(H,44,47). The van der Waals surface area contributed by atoms with Gasteiger partial charge in [-0.15, -0.1) is 0 Å². The van der Waals surface area contributed by atoms with Crippen molar-refractivity contribution in [3.63, 3.8) is 0 Å². The highest BCUT2D eigenvalue weighted by Crippen LogP contribution is 2.37. The van der Waals surface area contributed by atoms with Crippen LogP contribution in [0.2, 0.25) is 0 Å². The molecule has 252 valence electrons. The molecular weight excluding hydrogens is 612 g/mol. The van der Waals surface area contributed by atoms with E-state index < -0.39 is 23.9 Å². The van der Waals surface area contributed by atoms with Gasteiger partial charge in [0.1, 0.15) is 11.5 Å². The first-order valence-corrected chi connectivity index (χ1v) is 17.4. The molecule has 6 rings (SSSR count). The predicted molar refractivity (Wildman–Crippen MR) is 192 cm³/mol. The monoisotopic (exact) mass is 656 g/mol. The van der Waals surface area contributed by atoms with E-state index in [4.69, 9.17) is 15.5 Å². The summed E-state index contributed by atoms with van der Waals surface area (Å²) in [6.07, 6.45) is 4.73. The third kappa shape index (κ3) is 8.08. The number of carbonyl (C=O) groups is 3. The summed E-state index contributed by atoms with van der Waals surface area (Å²) < 4.78 is 6.10. The summed E-state index contributed by atoms with van der Waals surface area (Å²) in [7, 11) is 0. The number of carbonyl (C=O) groups excluding carboxylic acids is 3. The zero-order chi connectivity index (χ0) is 34.2. The molecule has 4 aromatic rings. The highest BCUT2D eigenvalue weighted by molar-refractivity contribution is 6.20. The number of primary amides is 1. The number of aliphatic imine (C=N–C) groups is 1. The number of benzodiazepines with no additional fused rings is 1. The van der Waals surface area contributed by atoms with Gasteiger partial charge in [-0.2, -0.15) is 0 Å². The van der Waals surface area contributed by atoms with Crippen LogP contribution in [0.25, 0.3) is 0 Å². The van der Waals surface area contributed by atoms with Crippen LogP contribution >= 0.6 is 0 Å². The van der Waals surface area contributed by atoms with E-state index in [1.807, 2.05) is 109 Å². The molecule has 49 heavy (non-hydrogen) atoms. The molecule has 1 heterocycles. The summed E-state index contributed by atoms with van der Waals surface area (Å²) >= 11 is 0. The smallest absolute Gasteiger partial charge is 0.272 e. The van der Waals surface area contributed by atoms with Crippen LogP contribution in [0.4, 0.5) is 5.69 Å². The summed E-state index contributed by atoms with van der Waals surface area (Å²) in [4.78, 5) is 48.4. The number of unbranched alkanes of at least 4 members (excludes halogenated alkanes) is 1. The average molecular weight is 657 g/mol. The molecule has 8 nitrogen and oxygen atoms in total. The number of fused-ring (bicyclic) bond motifs is 1. The Kier molecular flexibility index (Phi) is 10.8. The van der Waals surface area contributed by atoms with E-state index in [2.05, 4.69) is 12.2 Å². The zero-order valence-electron chi connectivity index (χ0n) is 28.0. The molecule has 1 saturated carbocycles. The Bertz CT molecular complexity index is 1790. The number of amides is 3. The molecule has 3 amide bonds. The third-order valence-electron chi connectivity index (χ3n) is 9.62. The fraction of sp³-hybridized carbons (Fsp3) is 0.317. The van der Waals surface area contributed by atoms with Crippen molar-refractivity contribution in [2.75, 3.05) is 4.90 Å². The number of nitrogens with one attached hydrogen (secondary N) is 1. The number of nitrogens with two attached hydrogens (primary N) is 1. The minimum absolute atomic E-state index is 0.220. The molecule has 1 fully saturated rings. The summed E-state index contributed by atoms with van der Waals surface area (Å²) in [6, 6.07) is 34.6. The van der Waals surface area contributed by atoms with Crippen LogP contribution in [0.1, 0.15) is 68.6 Å². The molecule has 4 aromatic carbocycles. The third-order valence-corrected chi connectivity index (χ3v) is 9.62. The van der Waals surface area contributed by atoms with Crippen LogP contribution < -0.4 is 20.7 Å². The minimum Gasteiger partial charge on any atom is -0.457 e. The van der Waals surface area contributed by atoms with Crippen molar-refractivity contribution >= 4 is 29.1 Å². The normalized spacial score (nSPS) is 17.2. The molecule has 3 N–H and O–H groups in total. The van der Waals surface area contributed by atoms with Gasteiger partial charge in [-0.3, -0.25) is 14.4 Å². The van der Waals surface area contributed by atoms with Crippen LogP contribution in [0.15, 0.2) is 114 Å². The second-order valence-electron chi connectivity index (χ2n) is 13.0. The fourth-order valence-corrected chi connectivity index (χ4v) is 6.78. The number of hydrogen-bond acceptors (Lipinski definition) is 5. The maximum absolute atomic E-state index is 14.7. The molecule has 0 spiro atoms. The van der Waals surface area contributed by atoms with Gasteiger partial charge >= 0.3 is 0 Å². The maximum atomic E-state index is 14.7. The highest BCUT2D eigenvalue weighted by Gasteiger charge is 2.39. The lowest BCUT2D eigenvalue weighted by Crippen LogP contribution is -2.51. The largest absolute Gasteiger partial charge is 0.457 e. The summed E-state index contributed by atoms with van der Waals surface area (Å²) in [5.74, 6) is -0.724. The van der Waals surface area contributed by atoms with Gasteiger partial charge < -0.3 is 20.7 Å². The van der Waals surface area contributed by atoms with Gasteiger partial charge in [0.2, 0.25) is 18.0 Å². The van der Waals surface area contributed by atoms with E-state index in [1.54, 1.807) is 4.90 Å². The van der Waals surface area contributed by atoms with Crippen molar-refractivity contribution in [3.05, 3.63) is 126 Å². The minimum atomic E-state index is -1.22.